The zero-order chi connectivity index (χ0) is 10.8. The van der Waals surface area contributed by atoms with Gasteiger partial charge in [-0.3, -0.25) is 4.79 Å². The second kappa shape index (κ2) is 3.82. The van der Waals surface area contributed by atoms with Crippen molar-refractivity contribution in [2.45, 2.75) is 6.42 Å². The minimum absolute atomic E-state index is 0.104. The normalized spacial score (nSPS) is 14.1. The predicted octanol–water partition coefficient (Wildman–Crippen LogP) is 0.768. The number of fused-ring (bicyclic) bond motifs is 1. The van der Waals surface area contributed by atoms with E-state index in [2.05, 4.69) is 0 Å². The van der Waals surface area contributed by atoms with Gasteiger partial charge in [-0.15, -0.1) is 0 Å². The first-order valence-electron chi connectivity index (χ1n) is 4.44. The molecule has 0 aromatic heterocycles. The molecule has 3 nitrogen and oxygen atoms in total. The first-order chi connectivity index (χ1) is 7.24. The van der Waals surface area contributed by atoms with E-state index in [1.165, 1.54) is 0 Å². The van der Waals surface area contributed by atoms with Crippen LogP contribution in [0.25, 0.3) is 0 Å². The molecule has 4 heteroatoms. The minimum atomic E-state index is -2.38. The van der Waals surface area contributed by atoms with E-state index in [1.54, 1.807) is 18.2 Å². The second-order valence-electron chi connectivity index (χ2n) is 3.20. The largest absolute Gasteiger partial charge is 0.298 e. The van der Waals surface area contributed by atoms with Crippen molar-refractivity contribution in [2.24, 2.45) is 0 Å². The van der Waals surface area contributed by atoms with Crippen molar-refractivity contribution in [2.75, 3.05) is 0 Å². The molecule has 0 aliphatic heterocycles. The molecule has 76 valence electrons. The summed E-state index contributed by atoms with van der Waals surface area (Å²) in [6.45, 7) is 0. The molecule has 0 spiro atoms. The van der Waals surface area contributed by atoms with Crippen molar-refractivity contribution in [3.63, 3.8) is 0 Å². The van der Waals surface area contributed by atoms with E-state index in [4.69, 9.17) is 0 Å². The van der Waals surface area contributed by atoms with Gasteiger partial charge in [0, 0.05) is 11.1 Å². The van der Waals surface area contributed by atoms with Crippen molar-refractivity contribution in [1.29, 1.82) is 0 Å². The molecule has 15 heavy (non-hydrogen) atoms. The van der Waals surface area contributed by atoms with Crippen molar-refractivity contribution in [1.82, 2.24) is 0 Å². The standard InChI is InChI=1S/C11H8O3S/c12-7-9-6-5-8-3-1-2-4-10(8)11(9)15(13)14/h1-4,6-7H,5H2. The number of hydrogen-bond donors (Lipinski definition) is 0. The fraction of sp³-hybridized carbons (Fsp3) is 0.0909. The van der Waals surface area contributed by atoms with Gasteiger partial charge >= 0.3 is 0 Å². The minimum Gasteiger partial charge on any atom is -0.298 e. The number of carbonyl (C=O) groups excluding carboxylic acids is 1. The Morgan fingerprint density at radius 3 is 2.60 bits per heavy atom. The highest BCUT2D eigenvalue weighted by molar-refractivity contribution is 7.74. The third-order valence-electron chi connectivity index (χ3n) is 2.36. The number of rotatable bonds is 1. The molecule has 0 atom stereocenters. The van der Waals surface area contributed by atoms with E-state index in [1.807, 2.05) is 12.1 Å². The van der Waals surface area contributed by atoms with E-state index >= 15 is 0 Å². The Morgan fingerprint density at radius 2 is 1.93 bits per heavy atom. The Kier molecular flexibility index (Phi) is 2.51. The van der Waals surface area contributed by atoms with Gasteiger partial charge < -0.3 is 0 Å². The maximum atomic E-state index is 11.0. The van der Waals surface area contributed by atoms with E-state index in [-0.39, 0.29) is 10.4 Å². The smallest absolute Gasteiger partial charge is 0.222 e. The Labute approximate surface area is 88.6 Å². The van der Waals surface area contributed by atoms with E-state index < -0.39 is 10.3 Å². The van der Waals surface area contributed by atoms with Gasteiger partial charge in [0.2, 0.25) is 10.3 Å². The predicted molar refractivity (Wildman–Crippen MR) is 57.3 cm³/mol. The molecule has 0 N–H and O–H groups in total. The van der Waals surface area contributed by atoms with Crippen LogP contribution in [0.5, 0.6) is 0 Å². The van der Waals surface area contributed by atoms with Crippen molar-refractivity contribution in [3.05, 3.63) is 47.0 Å². The maximum absolute atomic E-state index is 11.0. The molecule has 1 aromatic carbocycles. The lowest BCUT2D eigenvalue weighted by Crippen LogP contribution is -2.15. The van der Waals surface area contributed by atoms with Crippen molar-refractivity contribution < 1.29 is 13.2 Å². The molecular formula is C11H8O3S. The van der Waals surface area contributed by atoms with Gasteiger partial charge in [0.05, 0.1) is 0 Å². The van der Waals surface area contributed by atoms with Gasteiger partial charge in [-0.25, -0.2) is 0 Å². The van der Waals surface area contributed by atoms with Crippen LogP contribution in [0.4, 0.5) is 0 Å². The van der Waals surface area contributed by atoms with Gasteiger partial charge in [0.25, 0.3) is 0 Å². The van der Waals surface area contributed by atoms with Crippen LogP contribution in [0.1, 0.15) is 11.1 Å². The fourth-order valence-corrected chi connectivity index (χ4v) is 2.38. The lowest BCUT2D eigenvalue weighted by molar-refractivity contribution is -0.104. The Balaban J connectivity index is 2.77. The lowest BCUT2D eigenvalue weighted by Gasteiger charge is -2.13. The molecule has 1 aliphatic carbocycles. The van der Waals surface area contributed by atoms with E-state index in [0.717, 1.165) is 5.56 Å². The summed E-state index contributed by atoms with van der Waals surface area (Å²) in [4.78, 5) is 10.8. The van der Waals surface area contributed by atoms with Gasteiger partial charge in [-0.2, -0.15) is 8.42 Å². The number of aldehydes is 1. The number of hydrogen-bond acceptors (Lipinski definition) is 3. The van der Waals surface area contributed by atoms with Gasteiger partial charge in [-0.05, 0) is 12.0 Å². The summed E-state index contributed by atoms with van der Waals surface area (Å²) in [6.07, 6.45) is 2.83. The van der Waals surface area contributed by atoms with Gasteiger partial charge in [-0.1, -0.05) is 30.3 Å². The Hall–Kier alpha value is -1.68. The number of benzene rings is 1. The summed E-state index contributed by atoms with van der Waals surface area (Å²) in [5.41, 5.74) is 1.82. The molecule has 0 radical (unpaired) electrons. The molecule has 2 rings (SSSR count). The molecule has 0 unspecified atom stereocenters. The molecule has 0 amide bonds. The van der Waals surface area contributed by atoms with Crippen molar-refractivity contribution >= 4 is 21.4 Å². The SMILES string of the molecule is O=CC1=CCc2ccccc2C1=S(=O)=O. The van der Waals surface area contributed by atoms with Crippen LogP contribution in [0.3, 0.4) is 0 Å². The monoisotopic (exact) mass is 220 g/mol. The molecule has 0 saturated carbocycles. The van der Waals surface area contributed by atoms with Crippen LogP contribution in [-0.4, -0.2) is 19.6 Å². The summed E-state index contributed by atoms with van der Waals surface area (Å²) < 4.78 is 22.1. The zero-order valence-corrected chi connectivity index (χ0v) is 8.62. The lowest BCUT2D eigenvalue weighted by atomic mass is 9.92. The first kappa shape index (κ1) is 9.86. The highest BCUT2D eigenvalue weighted by Gasteiger charge is 2.18. The van der Waals surface area contributed by atoms with Crippen molar-refractivity contribution in [3.8, 4) is 0 Å². The molecule has 0 heterocycles. The second-order valence-corrected chi connectivity index (χ2v) is 4.08. The number of carbonyl (C=O) groups is 1. The third kappa shape index (κ3) is 1.64. The van der Waals surface area contributed by atoms with Gasteiger partial charge in [0.1, 0.15) is 4.86 Å². The third-order valence-corrected chi connectivity index (χ3v) is 3.15. The highest BCUT2D eigenvalue weighted by Crippen LogP contribution is 2.19. The molecule has 1 aliphatic rings. The van der Waals surface area contributed by atoms with Crippen LogP contribution in [0.2, 0.25) is 0 Å². The Morgan fingerprint density at radius 1 is 1.20 bits per heavy atom. The fourth-order valence-electron chi connectivity index (χ4n) is 1.68. The van der Waals surface area contributed by atoms with Crippen LogP contribution in [0, 0.1) is 0 Å². The molecule has 1 aromatic rings. The maximum Gasteiger partial charge on any atom is 0.222 e. The van der Waals surface area contributed by atoms with E-state index in [0.29, 0.717) is 18.3 Å². The summed E-state index contributed by atoms with van der Waals surface area (Å²) >= 11 is 0. The molecule has 0 saturated heterocycles. The summed E-state index contributed by atoms with van der Waals surface area (Å²) in [6, 6.07) is 7.20. The van der Waals surface area contributed by atoms with Crippen LogP contribution in [-0.2, 0) is 21.5 Å². The van der Waals surface area contributed by atoms with E-state index in [9.17, 15) is 13.2 Å². The molecule has 0 bridgehead atoms. The molecule has 0 fully saturated rings. The zero-order valence-electron chi connectivity index (χ0n) is 7.80. The quantitative estimate of drug-likeness (QED) is 0.519. The van der Waals surface area contributed by atoms with Crippen LogP contribution in [0.15, 0.2) is 35.9 Å². The van der Waals surface area contributed by atoms with Crippen LogP contribution >= 0.6 is 0 Å². The highest BCUT2D eigenvalue weighted by atomic mass is 32.2. The Bertz CT molecular complexity index is 572. The summed E-state index contributed by atoms with van der Waals surface area (Å²) in [7, 11) is -2.38. The average Bonchev–Trinajstić information content (AvgIpc) is 2.27. The first-order valence-corrected chi connectivity index (χ1v) is 5.51. The summed E-state index contributed by atoms with van der Waals surface area (Å²) in [5, 5.41) is 0. The van der Waals surface area contributed by atoms with Crippen LogP contribution < -0.4 is 0 Å². The number of allylic oxidation sites excluding steroid dienone is 2. The molecular weight excluding hydrogens is 212 g/mol. The summed E-state index contributed by atoms with van der Waals surface area (Å²) in [5.74, 6) is 0. The average molecular weight is 220 g/mol. The topological polar surface area (TPSA) is 51.2 Å². The van der Waals surface area contributed by atoms with Gasteiger partial charge in [0.15, 0.2) is 6.29 Å².